The lowest BCUT2D eigenvalue weighted by Gasteiger charge is -2.45. The molecule has 1 fully saturated rings. The molecule has 0 bridgehead atoms. The average molecular weight is 275 g/mol. The molecule has 0 spiro atoms. The van der Waals surface area contributed by atoms with Crippen LogP contribution in [0.5, 0.6) is 0 Å². The number of piperazine rings is 1. The zero-order chi connectivity index (χ0) is 14.6. The van der Waals surface area contributed by atoms with Crippen LogP contribution >= 0.6 is 0 Å². The molecule has 0 saturated carbocycles. The topological polar surface area (TPSA) is 18.5 Å². The minimum Gasteiger partial charge on any atom is -0.309 e. The summed E-state index contributed by atoms with van der Waals surface area (Å²) in [6.07, 6.45) is 1.23. The van der Waals surface area contributed by atoms with E-state index in [1.807, 2.05) is 0 Å². The van der Waals surface area contributed by atoms with Crippen molar-refractivity contribution >= 4 is 0 Å². The van der Waals surface area contributed by atoms with Gasteiger partial charge in [0.15, 0.2) is 0 Å². The van der Waals surface area contributed by atoms with Crippen LogP contribution in [-0.2, 0) is 0 Å². The maximum atomic E-state index is 3.68. The summed E-state index contributed by atoms with van der Waals surface area (Å²) >= 11 is 0. The van der Waals surface area contributed by atoms with E-state index in [1.165, 1.54) is 18.5 Å². The molecule has 20 heavy (non-hydrogen) atoms. The molecule has 0 radical (unpaired) electrons. The summed E-state index contributed by atoms with van der Waals surface area (Å²) in [5.41, 5.74) is 1.64. The monoisotopic (exact) mass is 275 g/mol. The van der Waals surface area contributed by atoms with E-state index in [4.69, 9.17) is 0 Å². The molecule has 1 atom stereocenters. The summed E-state index contributed by atoms with van der Waals surface area (Å²) in [6, 6.07) is 11.4. The van der Waals surface area contributed by atoms with Crippen LogP contribution in [0.25, 0.3) is 0 Å². The fraction of sp³-hybridized carbons (Fsp3) is 0.647. The molecular weight excluding hydrogens is 246 g/mol. The van der Waals surface area contributed by atoms with Crippen LogP contribution in [0.4, 0.5) is 0 Å². The standard InChI is InChI=1S/C17H29N3/c1-17(2)14-20(12-8-11-19(3)4)16(13-18-17)15-9-6-5-7-10-15/h5-7,9-10,16,18H,8,11-14H2,1-4H3. The number of hydrogen-bond donors (Lipinski definition) is 1. The van der Waals surface area contributed by atoms with Crippen molar-refractivity contribution < 1.29 is 0 Å². The van der Waals surface area contributed by atoms with Gasteiger partial charge in [0.2, 0.25) is 0 Å². The summed E-state index contributed by atoms with van der Waals surface area (Å²) in [5, 5.41) is 3.68. The Morgan fingerprint density at radius 2 is 1.95 bits per heavy atom. The van der Waals surface area contributed by atoms with Gasteiger partial charge in [0.05, 0.1) is 0 Å². The molecule has 0 amide bonds. The Morgan fingerprint density at radius 1 is 1.25 bits per heavy atom. The largest absolute Gasteiger partial charge is 0.309 e. The molecule has 112 valence electrons. The molecule has 1 N–H and O–H groups in total. The van der Waals surface area contributed by atoms with Gasteiger partial charge in [0.25, 0.3) is 0 Å². The van der Waals surface area contributed by atoms with E-state index in [2.05, 4.69) is 73.4 Å². The Morgan fingerprint density at radius 3 is 2.60 bits per heavy atom. The fourth-order valence-corrected chi connectivity index (χ4v) is 3.00. The highest BCUT2D eigenvalue weighted by atomic mass is 15.2. The van der Waals surface area contributed by atoms with E-state index < -0.39 is 0 Å². The van der Waals surface area contributed by atoms with Crippen LogP contribution < -0.4 is 5.32 Å². The first-order valence-corrected chi connectivity index (χ1v) is 7.67. The maximum Gasteiger partial charge on any atom is 0.0473 e. The Bertz CT molecular complexity index is 400. The van der Waals surface area contributed by atoms with Gasteiger partial charge >= 0.3 is 0 Å². The van der Waals surface area contributed by atoms with Gasteiger partial charge < -0.3 is 10.2 Å². The highest BCUT2D eigenvalue weighted by molar-refractivity contribution is 5.20. The third kappa shape index (κ3) is 4.30. The second kappa shape index (κ2) is 6.70. The van der Waals surface area contributed by atoms with Crippen LogP contribution in [0.3, 0.4) is 0 Å². The molecule has 1 saturated heterocycles. The number of nitrogens with one attached hydrogen (secondary N) is 1. The van der Waals surface area contributed by atoms with E-state index in [0.717, 1.165) is 19.6 Å². The van der Waals surface area contributed by atoms with Gasteiger partial charge in [-0.3, -0.25) is 4.90 Å². The minimum absolute atomic E-state index is 0.212. The quantitative estimate of drug-likeness (QED) is 0.890. The van der Waals surface area contributed by atoms with E-state index in [-0.39, 0.29) is 5.54 Å². The number of nitrogens with zero attached hydrogens (tertiary/aromatic N) is 2. The van der Waals surface area contributed by atoms with Crippen LogP contribution in [0.15, 0.2) is 30.3 Å². The summed E-state index contributed by atoms with van der Waals surface area (Å²) < 4.78 is 0. The highest BCUT2D eigenvalue weighted by Gasteiger charge is 2.32. The first kappa shape index (κ1) is 15.5. The molecule has 1 heterocycles. The highest BCUT2D eigenvalue weighted by Crippen LogP contribution is 2.26. The van der Waals surface area contributed by atoms with Crippen molar-refractivity contribution in [3.8, 4) is 0 Å². The van der Waals surface area contributed by atoms with Gasteiger partial charge in [-0.25, -0.2) is 0 Å². The zero-order valence-corrected chi connectivity index (χ0v) is 13.4. The number of rotatable bonds is 5. The molecular formula is C17H29N3. The lowest BCUT2D eigenvalue weighted by Crippen LogP contribution is -2.58. The molecule has 1 aromatic rings. The molecule has 1 aliphatic heterocycles. The number of hydrogen-bond acceptors (Lipinski definition) is 3. The second-order valence-corrected chi connectivity index (χ2v) is 6.82. The predicted octanol–water partition coefficient (Wildman–Crippen LogP) is 2.36. The predicted molar refractivity (Wildman–Crippen MR) is 86.0 cm³/mol. The molecule has 0 aromatic heterocycles. The SMILES string of the molecule is CN(C)CCCN1CC(C)(C)NCC1c1ccccc1. The zero-order valence-electron chi connectivity index (χ0n) is 13.4. The summed E-state index contributed by atoms with van der Waals surface area (Å²) in [7, 11) is 4.30. The smallest absolute Gasteiger partial charge is 0.0473 e. The lowest BCUT2D eigenvalue weighted by atomic mass is 9.94. The van der Waals surface area contributed by atoms with Gasteiger partial charge in [-0.15, -0.1) is 0 Å². The average Bonchev–Trinajstić information content (AvgIpc) is 2.38. The van der Waals surface area contributed by atoms with Crippen LogP contribution in [-0.4, -0.2) is 55.6 Å². The van der Waals surface area contributed by atoms with Crippen molar-refractivity contribution in [1.82, 2.24) is 15.1 Å². The van der Waals surface area contributed by atoms with E-state index in [1.54, 1.807) is 0 Å². The molecule has 3 nitrogen and oxygen atoms in total. The van der Waals surface area contributed by atoms with Crippen LogP contribution in [0, 0.1) is 0 Å². The van der Waals surface area contributed by atoms with E-state index >= 15 is 0 Å². The van der Waals surface area contributed by atoms with Crippen LogP contribution in [0.2, 0.25) is 0 Å². The first-order valence-electron chi connectivity index (χ1n) is 7.67. The molecule has 2 rings (SSSR count). The molecule has 0 aliphatic carbocycles. The maximum absolute atomic E-state index is 3.68. The Labute approximate surface area is 124 Å². The van der Waals surface area contributed by atoms with Crippen molar-refractivity contribution in [2.75, 3.05) is 40.3 Å². The molecule has 1 aliphatic rings. The van der Waals surface area contributed by atoms with Crippen molar-refractivity contribution in [1.29, 1.82) is 0 Å². The van der Waals surface area contributed by atoms with Gasteiger partial charge in [-0.1, -0.05) is 30.3 Å². The Balaban J connectivity index is 2.04. The van der Waals surface area contributed by atoms with E-state index in [0.29, 0.717) is 6.04 Å². The van der Waals surface area contributed by atoms with Crippen molar-refractivity contribution in [3.63, 3.8) is 0 Å². The molecule has 1 aromatic carbocycles. The van der Waals surface area contributed by atoms with Gasteiger partial charge in [-0.2, -0.15) is 0 Å². The lowest BCUT2D eigenvalue weighted by molar-refractivity contribution is 0.0916. The minimum atomic E-state index is 0.212. The fourth-order valence-electron chi connectivity index (χ4n) is 3.00. The number of benzene rings is 1. The van der Waals surface area contributed by atoms with Crippen molar-refractivity contribution in [2.24, 2.45) is 0 Å². The second-order valence-electron chi connectivity index (χ2n) is 6.82. The van der Waals surface area contributed by atoms with Crippen molar-refractivity contribution in [2.45, 2.75) is 31.8 Å². The Kier molecular flexibility index (Phi) is 5.19. The Hall–Kier alpha value is -0.900. The molecule has 1 unspecified atom stereocenters. The summed E-state index contributed by atoms with van der Waals surface area (Å²) in [6.45, 7) is 9.08. The third-order valence-electron chi connectivity index (χ3n) is 4.05. The van der Waals surface area contributed by atoms with Gasteiger partial charge in [-0.05, 0) is 46.5 Å². The molecule has 3 heteroatoms. The normalized spacial score (nSPS) is 23.1. The van der Waals surface area contributed by atoms with Crippen molar-refractivity contribution in [3.05, 3.63) is 35.9 Å². The first-order chi connectivity index (χ1) is 9.48. The third-order valence-corrected chi connectivity index (χ3v) is 4.05. The van der Waals surface area contributed by atoms with Gasteiger partial charge in [0.1, 0.15) is 0 Å². The van der Waals surface area contributed by atoms with Crippen LogP contribution in [0.1, 0.15) is 31.9 Å². The summed E-state index contributed by atoms with van der Waals surface area (Å²) in [4.78, 5) is 4.92. The summed E-state index contributed by atoms with van der Waals surface area (Å²) in [5.74, 6) is 0. The van der Waals surface area contributed by atoms with Gasteiger partial charge in [0, 0.05) is 31.2 Å². The van der Waals surface area contributed by atoms with E-state index in [9.17, 15) is 0 Å².